The van der Waals surface area contributed by atoms with Crippen LogP contribution in [0, 0.1) is 0 Å². The van der Waals surface area contributed by atoms with Gasteiger partial charge >= 0.3 is 5.97 Å². The number of carbonyl (C=O) groups is 1. The van der Waals surface area contributed by atoms with Gasteiger partial charge in [0.2, 0.25) is 0 Å². The van der Waals surface area contributed by atoms with Gasteiger partial charge in [0, 0.05) is 36.5 Å². The standard InChI is InChI=1S/C20H22N4O4S/c1-11-16(19(25)26-3)18(22-20(29)21-11)13-10-24(2)23-17(13)12-5-6-14-15(9-12)28-8-4-7-27-14/h5-6,9-10,18H,4,7-8H2,1-3H3,(H2,21,22,29)/t18-/m1/s1. The first-order chi connectivity index (χ1) is 14.0. The third kappa shape index (κ3) is 3.65. The molecule has 0 radical (unpaired) electrons. The lowest BCUT2D eigenvalue weighted by Gasteiger charge is -2.29. The first-order valence-electron chi connectivity index (χ1n) is 9.28. The molecular weight excluding hydrogens is 392 g/mol. The van der Waals surface area contributed by atoms with E-state index in [1.807, 2.05) is 31.4 Å². The lowest BCUT2D eigenvalue weighted by Crippen LogP contribution is -2.45. The summed E-state index contributed by atoms with van der Waals surface area (Å²) in [6.45, 7) is 3.03. The number of aryl methyl sites for hydroxylation is 1. The van der Waals surface area contributed by atoms with Crippen molar-refractivity contribution in [1.29, 1.82) is 0 Å². The second-order valence-electron chi connectivity index (χ2n) is 6.88. The number of allylic oxidation sites excluding steroid dienone is 1. The second kappa shape index (κ2) is 7.75. The maximum absolute atomic E-state index is 12.5. The summed E-state index contributed by atoms with van der Waals surface area (Å²) in [7, 11) is 3.20. The number of aromatic nitrogens is 2. The molecule has 29 heavy (non-hydrogen) atoms. The molecule has 0 aliphatic carbocycles. The Hall–Kier alpha value is -3.07. The Kier molecular flexibility index (Phi) is 5.14. The van der Waals surface area contributed by atoms with E-state index in [1.165, 1.54) is 7.11 Å². The summed E-state index contributed by atoms with van der Waals surface area (Å²) in [5.41, 5.74) is 3.51. The largest absolute Gasteiger partial charge is 0.490 e. The van der Waals surface area contributed by atoms with Crippen LogP contribution >= 0.6 is 12.2 Å². The average molecular weight is 414 g/mol. The van der Waals surface area contributed by atoms with Crippen molar-refractivity contribution in [2.45, 2.75) is 19.4 Å². The van der Waals surface area contributed by atoms with Crippen molar-refractivity contribution < 1.29 is 19.0 Å². The molecule has 152 valence electrons. The monoisotopic (exact) mass is 414 g/mol. The molecule has 0 spiro atoms. The Labute approximate surface area is 173 Å². The summed E-state index contributed by atoms with van der Waals surface area (Å²) in [6, 6.07) is 5.25. The number of hydrogen-bond donors (Lipinski definition) is 2. The molecule has 0 amide bonds. The fraction of sp³-hybridized carbons (Fsp3) is 0.350. The molecule has 2 N–H and O–H groups in total. The van der Waals surface area contributed by atoms with Gasteiger partial charge in [-0.2, -0.15) is 5.10 Å². The number of nitrogens with one attached hydrogen (secondary N) is 2. The van der Waals surface area contributed by atoms with Crippen molar-refractivity contribution in [2.75, 3.05) is 20.3 Å². The molecule has 2 aliphatic heterocycles. The molecular formula is C20H22N4O4S. The minimum absolute atomic E-state index is 0.427. The van der Waals surface area contributed by atoms with Crippen molar-refractivity contribution in [1.82, 2.24) is 20.4 Å². The molecule has 1 atom stereocenters. The van der Waals surface area contributed by atoms with E-state index >= 15 is 0 Å². The van der Waals surface area contributed by atoms with Crippen LogP contribution in [0.1, 0.15) is 24.9 Å². The Morgan fingerprint density at radius 2 is 2.07 bits per heavy atom. The summed E-state index contributed by atoms with van der Waals surface area (Å²) < 4.78 is 18.3. The zero-order valence-corrected chi connectivity index (χ0v) is 17.3. The lowest BCUT2D eigenvalue weighted by molar-refractivity contribution is -0.136. The van der Waals surface area contributed by atoms with Gasteiger partial charge in [0.15, 0.2) is 16.6 Å². The molecule has 2 aliphatic rings. The van der Waals surface area contributed by atoms with Gasteiger partial charge in [-0.3, -0.25) is 4.68 Å². The summed E-state index contributed by atoms with van der Waals surface area (Å²) in [6.07, 6.45) is 2.71. The van der Waals surface area contributed by atoms with Crippen LogP contribution in [-0.2, 0) is 16.6 Å². The Morgan fingerprint density at radius 3 is 2.83 bits per heavy atom. The van der Waals surface area contributed by atoms with E-state index in [0.717, 1.165) is 29.0 Å². The summed E-state index contributed by atoms with van der Waals surface area (Å²) in [5, 5.41) is 11.2. The zero-order valence-electron chi connectivity index (χ0n) is 16.4. The smallest absolute Gasteiger partial charge is 0.337 e. The Morgan fingerprint density at radius 1 is 1.31 bits per heavy atom. The Balaban J connectivity index is 1.81. The van der Waals surface area contributed by atoms with Crippen molar-refractivity contribution in [3.8, 4) is 22.8 Å². The van der Waals surface area contributed by atoms with Crippen molar-refractivity contribution in [3.63, 3.8) is 0 Å². The third-order valence-electron chi connectivity index (χ3n) is 4.86. The maximum Gasteiger partial charge on any atom is 0.337 e. The van der Waals surface area contributed by atoms with Gasteiger partial charge < -0.3 is 24.8 Å². The molecule has 1 aromatic carbocycles. The highest BCUT2D eigenvalue weighted by molar-refractivity contribution is 7.80. The first-order valence-corrected chi connectivity index (χ1v) is 9.69. The van der Waals surface area contributed by atoms with Crippen LogP contribution in [0.15, 0.2) is 35.7 Å². The summed E-state index contributed by atoms with van der Waals surface area (Å²) in [4.78, 5) is 12.5. The number of thiocarbonyl (C=S) groups is 1. The maximum atomic E-state index is 12.5. The van der Waals surface area contributed by atoms with E-state index in [1.54, 1.807) is 11.6 Å². The second-order valence-corrected chi connectivity index (χ2v) is 7.29. The number of methoxy groups -OCH3 is 1. The van der Waals surface area contributed by atoms with Crippen LogP contribution in [0.3, 0.4) is 0 Å². The van der Waals surface area contributed by atoms with Gasteiger partial charge in [-0.15, -0.1) is 0 Å². The van der Waals surface area contributed by atoms with Gasteiger partial charge in [-0.25, -0.2) is 4.79 Å². The number of ether oxygens (including phenoxy) is 3. The minimum Gasteiger partial charge on any atom is -0.490 e. The fourth-order valence-electron chi connectivity index (χ4n) is 3.56. The van der Waals surface area contributed by atoms with Gasteiger partial charge in [-0.05, 0) is 37.3 Å². The van der Waals surface area contributed by atoms with E-state index in [-0.39, 0.29) is 0 Å². The molecule has 0 saturated heterocycles. The normalized spacial score (nSPS) is 18.6. The number of carbonyl (C=O) groups excluding carboxylic acids is 1. The van der Waals surface area contributed by atoms with E-state index in [4.69, 9.17) is 26.4 Å². The number of fused-ring (bicyclic) bond motifs is 1. The van der Waals surface area contributed by atoms with E-state index < -0.39 is 12.0 Å². The van der Waals surface area contributed by atoms with Crippen LogP contribution in [-0.4, -0.2) is 41.2 Å². The summed E-state index contributed by atoms with van der Waals surface area (Å²) >= 11 is 5.33. The van der Waals surface area contributed by atoms with E-state index in [2.05, 4.69) is 15.7 Å². The van der Waals surface area contributed by atoms with Gasteiger partial charge in [0.05, 0.1) is 37.6 Å². The van der Waals surface area contributed by atoms with E-state index in [0.29, 0.717) is 35.3 Å². The predicted molar refractivity (Wildman–Crippen MR) is 111 cm³/mol. The van der Waals surface area contributed by atoms with Gasteiger partial charge in [-0.1, -0.05) is 0 Å². The van der Waals surface area contributed by atoms with Crippen molar-refractivity contribution >= 4 is 23.3 Å². The summed E-state index contributed by atoms with van der Waals surface area (Å²) in [5.74, 6) is 0.977. The van der Waals surface area contributed by atoms with Crippen LogP contribution in [0.25, 0.3) is 11.3 Å². The molecule has 2 aromatic rings. The highest BCUT2D eigenvalue weighted by Gasteiger charge is 2.33. The number of rotatable bonds is 3. The molecule has 3 heterocycles. The van der Waals surface area contributed by atoms with Crippen LogP contribution in [0.2, 0.25) is 0 Å². The number of esters is 1. The number of hydrogen-bond acceptors (Lipinski definition) is 6. The van der Waals surface area contributed by atoms with Gasteiger partial charge in [0.1, 0.15) is 0 Å². The quantitative estimate of drug-likeness (QED) is 0.584. The molecule has 9 heteroatoms. The lowest BCUT2D eigenvalue weighted by atomic mass is 9.94. The highest BCUT2D eigenvalue weighted by Crippen LogP contribution is 2.38. The topological polar surface area (TPSA) is 86.6 Å². The number of benzene rings is 1. The van der Waals surface area contributed by atoms with Crippen LogP contribution in [0.5, 0.6) is 11.5 Å². The fourth-order valence-corrected chi connectivity index (χ4v) is 3.83. The van der Waals surface area contributed by atoms with Crippen LogP contribution < -0.4 is 20.1 Å². The minimum atomic E-state index is -0.490. The van der Waals surface area contributed by atoms with Crippen LogP contribution in [0.4, 0.5) is 0 Å². The molecule has 0 fully saturated rings. The van der Waals surface area contributed by atoms with Crippen molar-refractivity contribution in [3.05, 3.63) is 41.2 Å². The van der Waals surface area contributed by atoms with Gasteiger partial charge in [0.25, 0.3) is 0 Å². The molecule has 0 bridgehead atoms. The zero-order chi connectivity index (χ0) is 20.5. The number of nitrogens with zero attached hydrogens (tertiary/aromatic N) is 2. The average Bonchev–Trinajstić information content (AvgIpc) is 2.93. The predicted octanol–water partition coefficient (Wildman–Crippen LogP) is 2.21. The molecule has 0 unspecified atom stereocenters. The van der Waals surface area contributed by atoms with Crippen molar-refractivity contribution in [2.24, 2.45) is 7.05 Å². The molecule has 0 saturated carbocycles. The third-order valence-corrected chi connectivity index (χ3v) is 5.08. The first kappa shape index (κ1) is 19.3. The molecule has 1 aromatic heterocycles. The SMILES string of the molecule is COC(=O)C1=C(C)NC(=S)N[C@@H]1c1cn(C)nc1-c1ccc2c(c1)OCCCO2. The molecule has 4 rings (SSSR count). The highest BCUT2D eigenvalue weighted by atomic mass is 32.1. The Bertz CT molecular complexity index is 1010. The van der Waals surface area contributed by atoms with E-state index in [9.17, 15) is 4.79 Å². The molecule has 8 nitrogen and oxygen atoms in total.